The Morgan fingerprint density at radius 1 is 1.09 bits per heavy atom. The quantitative estimate of drug-likeness (QED) is 0.606. The van der Waals surface area contributed by atoms with Gasteiger partial charge in [-0.3, -0.25) is 9.89 Å². The van der Waals surface area contributed by atoms with Crippen molar-refractivity contribution in [3.05, 3.63) is 60.7 Å². The van der Waals surface area contributed by atoms with Gasteiger partial charge in [-0.05, 0) is 36.4 Å². The van der Waals surface area contributed by atoms with E-state index in [0.717, 1.165) is 16.7 Å². The molecule has 0 spiro atoms. The molecule has 4 rings (SSSR count). The summed E-state index contributed by atoms with van der Waals surface area (Å²) in [6.45, 7) is 0. The van der Waals surface area contributed by atoms with Gasteiger partial charge in [-0.25, -0.2) is 9.97 Å². The van der Waals surface area contributed by atoms with Crippen molar-refractivity contribution in [1.29, 1.82) is 0 Å². The van der Waals surface area contributed by atoms with Crippen LogP contribution in [-0.4, -0.2) is 26.1 Å². The molecule has 0 atom stereocenters. The zero-order chi connectivity index (χ0) is 15.6. The van der Waals surface area contributed by atoms with E-state index in [2.05, 4.69) is 25.5 Å². The molecule has 7 nitrogen and oxygen atoms in total. The largest absolute Gasteiger partial charge is 0.436 e. The van der Waals surface area contributed by atoms with E-state index in [0.29, 0.717) is 11.6 Å². The minimum absolute atomic E-state index is 0.160. The van der Waals surface area contributed by atoms with Gasteiger partial charge in [0.25, 0.3) is 5.91 Å². The molecule has 23 heavy (non-hydrogen) atoms. The number of nitrogens with one attached hydrogen (secondary N) is 2. The smallest absolute Gasteiger partial charge is 0.292 e. The van der Waals surface area contributed by atoms with Crippen LogP contribution in [0.5, 0.6) is 0 Å². The van der Waals surface area contributed by atoms with Crippen LogP contribution in [0.3, 0.4) is 0 Å². The number of fused-ring (bicyclic) bond motifs is 1. The zero-order valence-corrected chi connectivity index (χ0v) is 11.9. The number of hydrogen-bond donors (Lipinski definition) is 2. The second-order valence-electron chi connectivity index (χ2n) is 4.85. The minimum atomic E-state index is -0.350. The molecule has 0 aliphatic carbocycles. The predicted molar refractivity (Wildman–Crippen MR) is 83.8 cm³/mol. The van der Waals surface area contributed by atoms with Gasteiger partial charge in [-0.2, -0.15) is 5.10 Å². The van der Waals surface area contributed by atoms with E-state index in [-0.39, 0.29) is 11.7 Å². The number of benzene rings is 2. The number of nitrogens with zero attached hydrogens (tertiary/aromatic N) is 3. The first-order valence-electron chi connectivity index (χ1n) is 6.92. The maximum absolute atomic E-state index is 11.9. The van der Waals surface area contributed by atoms with E-state index in [1.54, 1.807) is 12.1 Å². The molecule has 0 fully saturated rings. The van der Waals surface area contributed by atoms with Gasteiger partial charge in [0.15, 0.2) is 5.58 Å². The van der Waals surface area contributed by atoms with Crippen LogP contribution in [0.1, 0.15) is 10.6 Å². The number of H-pyrrole nitrogens is 1. The summed E-state index contributed by atoms with van der Waals surface area (Å²) in [5.41, 5.74) is 3.03. The highest BCUT2D eigenvalue weighted by atomic mass is 16.3. The van der Waals surface area contributed by atoms with E-state index in [9.17, 15) is 4.79 Å². The first-order chi connectivity index (χ1) is 11.3. The molecule has 112 valence electrons. The Hall–Kier alpha value is -3.48. The maximum Gasteiger partial charge on any atom is 0.292 e. The first-order valence-corrected chi connectivity index (χ1v) is 6.92. The second kappa shape index (κ2) is 5.38. The Morgan fingerprint density at radius 3 is 2.65 bits per heavy atom. The van der Waals surface area contributed by atoms with E-state index in [4.69, 9.17) is 4.42 Å². The highest BCUT2D eigenvalue weighted by Gasteiger charge is 2.10. The first kappa shape index (κ1) is 13.2. The Kier molecular flexibility index (Phi) is 3.09. The molecule has 0 radical (unpaired) electrons. The number of aromatic amines is 1. The van der Waals surface area contributed by atoms with Gasteiger partial charge < -0.3 is 9.73 Å². The molecule has 2 N–H and O–H groups in total. The molecule has 0 unspecified atom stereocenters. The average Bonchev–Trinajstić information content (AvgIpc) is 3.25. The number of oxazole rings is 1. The van der Waals surface area contributed by atoms with Crippen LogP contribution >= 0.6 is 0 Å². The van der Waals surface area contributed by atoms with Gasteiger partial charge in [0.05, 0.1) is 0 Å². The number of para-hydroxylation sites is 2. The molecule has 7 heteroatoms. The molecule has 0 aliphatic heterocycles. The second-order valence-corrected chi connectivity index (χ2v) is 4.85. The zero-order valence-electron chi connectivity index (χ0n) is 11.9. The molecule has 0 saturated carbocycles. The molecule has 1 amide bonds. The van der Waals surface area contributed by atoms with Crippen molar-refractivity contribution < 1.29 is 9.21 Å². The van der Waals surface area contributed by atoms with Crippen LogP contribution in [0.25, 0.3) is 22.6 Å². The lowest BCUT2D eigenvalue weighted by atomic mass is 10.2. The number of carbonyl (C=O) groups excluding carboxylic acids is 1. The number of anilines is 1. The van der Waals surface area contributed by atoms with Gasteiger partial charge in [-0.15, -0.1) is 0 Å². The molecular weight excluding hydrogens is 294 g/mol. The van der Waals surface area contributed by atoms with Crippen LogP contribution in [0.15, 0.2) is 59.3 Å². The molecule has 2 heterocycles. The maximum atomic E-state index is 11.9. The van der Waals surface area contributed by atoms with Crippen LogP contribution < -0.4 is 5.32 Å². The van der Waals surface area contributed by atoms with Gasteiger partial charge in [-0.1, -0.05) is 12.1 Å². The minimum Gasteiger partial charge on any atom is -0.436 e. The van der Waals surface area contributed by atoms with Gasteiger partial charge in [0.1, 0.15) is 11.8 Å². The molecule has 0 bridgehead atoms. The topological polar surface area (TPSA) is 96.7 Å². The van der Waals surface area contributed by atoms with E-state index in [1.165, 1.54) is 6.33 Å². The van der Waals surface area contributed by atoms with Crippen molar-refractivity contribution >= 4 is 22.7 Å². The van der Waals surface area contributed by atoms with Crippen molar-refractivity contribution in [2.24, 2.45) is 0 Å². The third-order valence-corrected chi connectivity index (χ3v) is 3.31. The Labute approximate surface area is 130 Å². The summed E-state index contributed by atoms with van der Waals surface area (Å²) >= 11 is 0. The van der Waals surface area contributed by atoms with Crippen molar-refractivity contribution in [3.63, 3.8) is 0 Å². The summed E-state index contributed by atoms with van der Waals surface area (Å²) in [6.07, 6.45) is 1.28. The SMILES string of the molecule is O=C(Nc1ccc(-c2nc3ccccc3o2)cc1)c1ncn[nH]1. The molecule has 4 aromatic rings. The van der Waals surface area contributed by atoms with Crippen molar-refractivity contribution in [1.82, 2.24) is 20.2 Å². The fourth-order valence-electron chi connectivity index (χ4n) is 2.20. The van der Waals surface area contributed by atoms with Crippen molar-refractivity contribution in [3.8, 4) is 11.5 Å². The molecule has 2 aromatic carbocycles. The molecular formula is C16H11N5O2. The molecule has 2 aromatic heterocycles. The fourth-order valence-corrected chi connectivity index (χ4v) is 2.20. The average molecular weight is 305 g/mol. The highest BCUT2D eigenvalue weighted by molar-refractivity contribution is 6.01. The molecule has 0 aliphatic rings. The Balaban J connectivity index is 1.57. The van der Waals surface area contributed by atoms with E-state index in [1.807, 2.05) is 36.4 Å². The molecule has 0 saturated heterocycles. The van der Waals surface area contributed by atoms with E-state index < -0.39 is 0 Å². The number of rotatable bonds is 3. The highest BCUT2D eigenvalue weighted by Crippen LogP contribution is 2.25. The van der Waals surface area contributed by atoms with Gasteiger partial charge >= 0.3 is 0 Å². The van der Waals surface area contributed by atoms with Crippen LogP contribution in [-0.2, 0) is 0 Å². The predicted octanol–water partition coefficient (Wildman–Crippen LogP) is 2.87. The summed E-state index contributed by atoms with van der Waals surface area (Å²) in [5.74, 6) is 0.351. The summed E-state index contributed by atoms with van der Waals surface area (Å²) in [5, 5.41) is 8.88. The summed E-state index contributed by atoms with van der Waals surface area (Å²) in [7, 11) is 0. The lowest BCUT2D eigenvalue weighted by molar-refractivity contribution is 0.101. The van der Waals surface area contributed by atoms with Crippen molar-refractivity contribution in [2.75, 3.05) is 5.32 Å². The van der Waals surface area contributed by atoms with Crippen LogP contribution in [0.4, 0.5) is 5.69 Å². The summed E-state index contributed by atoms with van der Waals surface area (Å²) < 4.78 is 5.71. The lowest BCUT2D eigenvalue weighted by Gasteiger charge is -2.03. The summed E-state index contributed by atoms with van der Waals surface area (Å²) in [4.78, 5) is 20.1. The third kappa shape index (κ3) is 2.55. The monoisotopic (exact) mass is 305 g/mol. The van der Waals surface area contributed by atoms with Crippen LogP contribution in [0, 0.1) is 0 Å². The lowest BCUT2D eigenvalue weighted by Crippen LogP contribution is -2.13. The number of aromatic nitrogens is 4. The van der Waals surface area contributed by atoms with Crippen LogP contribution in [0.2, 0.25) is 0 Å². The van der Waals surface area contributed by atoms with E-state index >= 15 is 0 Å². The van der Waals surface area contributed by atoms with Gasteiger partial charge in [0.2, 0.25) is 11.7 Å². The normalized spacial score (nSPS) is 10.8. The number of amides is 1. The van der Waals surface area contributed by atoms with Gasteiger partial charge in [0, 0.05) is 11.3 Å². The fraction of sp³-hybridized carbons (Fsp3) is 0. The number of carbonyl (C=O) groups is 1. The summed E-state index contributed by atoms with van der Waals surface area (Å²) in [6, 6.07) is 14.8. The Bertz CT molecular complexity index is 925. The van der Waals surface area contributed by atoms with Crippen molar-refractivity contribution in [2.45, 2.75) is 0 Å². The third-order valence-electron chi connectivity index (χ3n) is 3.31. The standard InChI is InChI=1S/C16H11N5O2/c22-15(14-17-9-18-21-14)19-11-7-5-10(6-8-11)16-20-12-3-1-2-4-13(12)23-16/h1-9H,(H,19,22)(H,17,18,21). The number of hydrogen-bond acceptors (Lipinski definition) is 5. The Morgan fingerprint density at radius 2 is 1.91 bits per heavy atom.